The smallest absolute Gasteiger partial charge is 0.258 e. The van der Waals surface area contributed by atoms with Crippen molar-refractivity contribution in [1.82, 2.24) is 15.2 Å². The maximum absolute atomic E-state index is 13.2. The molecule has 1 amide bonds. The molecule has 0 bridgehead atoms. The van der Waals surface area contributed by atoms with Crippen LogP contribution in [-0.4, -0.2) is 26.8 Å². The van der Waals surface area contributed by atoms with Crippen LogP contribution in [0.25, 0.3) is 33.7 Å². The molecule has 1 N–H and O–H groups in total. The lowest BCUT2D eigenvalue weighted by Gasteiger charge is -2.08. The lowest BCUT2D eigenvalue weighted by molar-refractivity contribution is 0.102. The van der Waals surface area contributed by atoms with Gasteiger partial charge in [0.15, 0.2) is 10.1 Å². The highest BCUT2D eigenvalue weighted by molar-refractivity contribution is 8.01. The standard InChI is InChI=1S/C24H17ClN4O2S2/c1-2-32-24-29-28-23(33-24)27-22(30)16-13-19(26-18-10-6-4-7-14(16)18)21-12-11-20(31-21)15-8-3-5-9-17(15)25/h3-13H,2H2,1H3,(H,27,28,30). The third-order valence-corrected chi connectivity index (χ3v) is 7.04. The Labute approximate surface area is 203 Å². The van der Waals surface area contributed by atoms with Gasteiger partial charge in [-0.05, 0) is 42.2 Å². The summed E-state index contributed by atoms with van der Waals surface area (Å²) in [5, 5.41) is 12.8. The van der Waals surface area contributed by atoms with Crippen LogP contribution in [0.4, 0.5) is 5.13 Å². The lowest BCUT2D eigenvalue weighted by atomic mass is 10.1. The number of thioether (sulfide) groups is 1. The number of nitrogens with zero attached hydrogens (tertiary/aromatic N) is 3. The summed E-state index contributed by atoms with van der Waals surface area (Å²) in [6, 6.07) is 20.4. The highest BCUT2D eigenvalue weighted by Crippen LogP contribution is 2.33. The van der Waals surface area contributed by atoms with Gasteiger partial charge in [0.2, 0.25) is 5.13 Å². The van der Waals surface area contributed by atoms with E-state index in [1.807, 2.05) is 67.6 Å². The maximum atomic E-state index is 13.2. The fourth-order valence-electron chi connectivity index (χ4n) is 3.38. The summed E-state index contributed by atoms with van der Waals surface area (Å²) < 4.78 is 6.88. The highest BCUT2D eigenvalue weighted by atomic mass is 35.5. The van der Waals surface area contributed by atoms with E-state index in [-0.39, 0.29) is 5.91 Å². The van der Waals surface area contributed by atoms with Crippen LogP contribution >= 0.6 is 34.7 Å². The van der Waals surface area contributed by atoms with Crippen molar-refractivity contribution >= 4 is 56.6 Å². The normalized spacial score (nSPS) is 11.1. The number of aromatic nitrogens is 3. The number of carbonyl (C=O) groups is 1. The predicted octanol–water partition coefficient (Wildman–Crippen LogP) is 7.03. The van der Waals surface area contributed by atoms with Crippen LogP contribution in [0, 0.1) is 0 Å². The zero-order valence-corrected chi connectivity index (χ0v) is 19.8. The Bertz CT molecular complexity index is 1460. The summed E-state index contributed by atoms with van der Waals surface area (Å²) in [4.78, 5) is 17.9. The second-order valence-corrected chi connectivity index (χ2v) is 9.87. The van der Waals surface area contributed by atoms with E-state index in [1.54, 1.807) is 17.8 Å². The summed E-state index contributed by atoms with van der Waals surface area (Å²) in [6.45, 7) is 2.04. The van der Waals surface area contributed by atoms with E-state index >= 15 is 0 Å². The molecule has 2 aromatic carbocycles. The van der Waals surface area contributed by atoms with Gasteiger partial charge in [0.1, 0.15) is 11.5 Å². The molecule has 3 aromatic heterocycles. The molecule has 0 unspecified atom stereocenters. The molecule has 164 valence electrons. The third-order valence-electron chi connectivity index (χ3n) is 4.85. The average molecular weight is 493 g/mol. The number of hydrogen-bond acceptors (Lipinski definition) is 7. The van der Waals surface area contributed by atoms with Crippen molar-refractivity contribution in [3.05, 3.63) is 77.3 Å². The molecule has 3 heterocycles. The SMILES string of the molecule is CCSc1nnc(NC(=O)c2cc(-c3ccc(-c4ccccc4Cl)o3)nc3ccccc23)s1. The number of anilines is 1. The number of benzene rings is 2. The van der Waals surface area contributed by atoms with Gasteiger partial charge in [0.05, 0.1) is 16.1 Å². The summed E-state index contributed by atoms with van der Waals surface area (Å²) in [5.41, 5.74) is 2.51. The maximum Gasteiger partial charge on any atom is 0.258 e. The zero-order chi connectivity index (χ0) is 22.8. The summed E-state index contributed by atoms with van der Waals surface area (Å²) in [7, 11) is 0. The number of halogens is 1. The number of rotatable bonds is 6. The van der Waals surface area contributed by atoms with Gasteiger partial charge in [-0.3, -0.25) is 10.1 Å². The lowest BCUT2D eigenvalue weighted by Crippen LogP contribution is -2.13. The molecule has 0 atom stereocenters. The van der Waals surface area contributed by atoms with E-state index in [4.69, 9.17) is 21.0 Å². The van der Waals surface area contributed by atoms with Crippen LogP contribution in [0.3, 0.4) is 0 Å². The molecular weight excluding hydrogens is 476 g/mol. The Balaban J connectivity index is 1.52. The van der Waals surface area contributed by atoms with Gasteiger partial charge in [0.25, 0.3) is 5.91 Å². The Kier molecular flexibility index (Phi) is 6.13. The van der Waals surface area contributed by atoms with Crippen molar-refractivity contribution in [3.63, 3.8) is 0 Å². The van der Waals surface area contributed by atoms with Crippen LogP contribution in [0.15, 0.2) is 75.5 Å². The van der Waals surface area contributed by atoms with Crippen molar-refractivity contribution < 1.29 is 9.21 Å². The second kappa shape index (κ2) is 9.35. The van der Waals surface area contributed by atoms with Crippen molar-refractivity contribution in [3.8, 4) is 22.8 Å². The summed E-state index contributed by atoms with van der Waals surface area (Å²) in [5.74, 6) is 1.78. The fourth-order valence-corrected chi connectivity index (χ4v) is 5.25. The summed E-state index contributed by atoms with van der Waals surface area (Å²) >= 11 is 9.25. The molecule has 6 nitrogen and oxygen atoms in total. The molecule has 9 heteroatoms. The predicted molar refractivity (Wildman–Crippen MR) is 134 cm³/mol. The number of carbonyl (C=O) groups excluding carboxylic acids is 1. The van der Waals surface area contributed by atoms with Crippen molar-refractivity contribution in [2.24, 2.45) is 0 Å². The molecule has 0 saturated heterocycles. The Morgan fingerprint density at radius 1 is 1.06 bits per heavy atom. The fraction of sp³-hybridized carbons (Fsp3) is 0.0833. The zero-order valence-electron chi connectivity index (χ0n) is 17.4. The van der Waals surface area contributed by atoms with Gasteiger partial charge >= 0.3 is 0 Å². The largest absolute Gasteiger partial charge is 0.454 e. The van der Waals surface area contributed by atoms with E-state index < -0.39 is 0 Å². The minimum atomic E-state index is -0.281. The van der Waals surface area contributed by atoms with Gasteiger partial charge in [-0.2, -0.15) is 0 Å². The molecule has 0 aliphatic carbocycles. The molecule has 5 rings (SSSR count). The second-order valence-electron chi connectivity index (χ2n) is 6.98. The number of fused-ring (bicyclic) bond motifs is 1. The van der Waals surface area contributed by atoms with Gasteiger partial charge in [-0.15, -0.1) is 10.2 Å². The van der Waals surface area contributed by atoms with Crippen molar-refractivity contribution in [1.29, 1.82) is 0 Å². The molecule has 33 heavy (non-hydrogen) atoms. The van der Waals surface area contributed by atoms with Crippen molar-refractivity contribution in [2.75, 3.05) is 11.1 Å². The molecule has 0 aliphatic rings. The molecule has 0 aliphatic heterocycles. The molecule has 0 saturated carbocycles. The summed E-state index contributed by atoms with van der Waals surface area (Å²) in [6.07, 6.45) is 0. The molecule has 0 spiro atoms. The Morgan fingerprint density at radius 3 is 2.70 bits per heavy atom. The third kappa shape index (κ3) is 4.50. The number of amides is 1. The van der Waals surface area contributed by atoms with Crippen LogP contribution in [-0.2, 0) is 0 Å². The van der Waals surface area contributed by atoms with E-state index in [9.17, 15) is 4.79 Å². The first-order valence-corrected chi connectivity index (χ1v) is 12.3. The van der Waals surface area contributed by atoms with Gasteiger partial charge < -0.3 is 4.42 Å². The number of pyridine rings is 1. The van der Waals surface area contributed by atoms with E-state index in [0.717, 1.165) is 21.0 Å². The van der Waals surface area contributed by atoms with Crippen LogP contribution in [0.1, 0.15) is 17.3 Å². The average Bonchev–Trinajstić information content (AvgIpc) is 3.49. The number of nitrogens with one attached hydrogen (secondary N) is 1. The highest BCUT2D eigenvalue weighted by Gasteiger charge is 2.18. The first kappa shape index (κ1) is 21.6. The Hall–Kier alpha value is -3.20. The molecule has 0 radical (unpaired) electrons. The quantitative estimate of drug-likeness (QED) is 0.202. The van der Waals surface area contributed by atoms with Gasteiger partial charge in [-0.1, -0.05) is 72.0 Å². The number of para-hydroxylation sites is 1. The number of hydrogen-bond donors (Lipinski definition) is 1. The van der Waals surface area contributed by atoms with E-state index in [0.29, 0.717) is 38.4 Å². The van der Waals surface area contributed by atoms with Crippen LogP contribution in [0.5, 0.6) is 0 Å². The van der Waals surface area contributed by atoms with E-state index in [1.165, 1.54) is 11.3 Å². The Morgan fingerprint density at radius 2 is 1.85 bits per heavy atom. The molecular formula is C24H17ClN4O2S2. The van der Waals surface area contributed by atoms with Crippen LogP contribution in [0.2, 0.25) is 5.02 Å². The number of furan rings is 1. The topological polar surface area (TPSA) is 80.9 Å². The first-order chi connectivity index (χ1) is 16.1. The van der Waals surface area contributed by atoms with Gasteiger partial charge in [0, 0.05) is 10.9 Å². The first-order valence-electron chi connectivity index (χ1n) is 10.1. The van der Waals surface area contributed by atoms with Crippen LogP contribution < -0.4 is 5.32 Å². The van der Waals surface area contributed by atoms with Gasteiger partial charge in [-0.25, -0.2) is 4.98 Å². The van der Waals surface area contributed by atoms with Crippen molar-refractivity contribution in [2.45, 2.75) is 11.3 Å². The minimum Gasteiger partial charge on any atom is -0.454 e. The molecule has 0 fully saturated rings. The molecule has 5 aromatic rings. The van der Waals surface area contributed by atoms with E-state index in [2.05, 4.69) is 15.5 Å². The monoisotopic (exact) mass is 492 g/mol. The minimum absolute atomic E-state index is 0.281.